The van der Waals surface area contributed by atoms with Crippen LogP contribution in [0.3, 0.4) is 0 Å². The summed E-state index contributed by atoms with van der Waals surface area (Å²) in [5.41, 5.74) is -1.76. The molecule has 0 aromatic rings. The highest BCUT2D eigenvalue weighted by Gasteiger charge is 2.38. The van der Waals surface area contributed by atoms with Crippen molar-refractivity contribution in [3.05, 3.63) is 12.2 Å². The quantitative estimate of drug-likeness (QED) is 0.406. The van der Waals surface area contributed by atoms with E-state index in [1.54, 1.807) is 0 Å². The zero-order valence-corrected chi connectivity index (χ0v) is 6.30. The molecule has 1 unspecified atom stereocenters. The molecule has 0 fully saturated rings. The Morgan fingerprint density at radius 2 is 2.00 bits per heavy atom. The number of hydrogen-bond donors (Lipinski definition) is 1. The Bertz CT molecular complexity index is 210. The Kier molecular flexibility index (Phi) is 3.89. The summed E-state index contributed by atoms with van der Waals surface area (Å²) >= 11 is 0. The van der Waals surface area contributed by atoms with Gasteiger partial charge < -0.3 is 9.84 Å². The van der Waals surface area contributed by atoms with E-state index in [9.17, 15) is 23.1 Å². The predicted molar refractivity (Wildman–Crippen MR) is 32.8 cm³/mol. The lowest BCUT2D eigenvalue weighted by Crippen LogP contribution is -2.27. The minimum Gasteiger partial charge on any atom is -0.430 e. The molecule has 0 aromatic heterocycles. The fourth-order valence-corrected chi connectivity index (χ4v) is 0.344. The van der Waals surface area contributed by atoms with E-state index >= 15 is 0 Å². The van der Waals surface area contributed by atoms with Crippen LogP contribution < -0.4 is 0 Å². The maximum Gasteiger partial charge on any atom is 0.422 e. The Morgan fingerprint density at radius 1 is 1.54 bits per heavy atom. The molecule has 1 radical (unpaired) electrons. The van der Waals surface area contributed by atoms with Gasteiger partial charge >= 0.3 is 12.1 Å². The lowest BCUT2D eigenvalue weighted by atomic mass is 10.3. The monoisotopic (exact) mass is 199 g/mol. The van der Waals surface area contributed by atoms with Gasteiger partial charge in [0.15, 0.2) is 0 Å². The average Bonchev–Trinajstić information content (AvgIpc) is 2.01. The van der Waals surface area contributed by atoms with Gasteiger partial charge in [0.25, 0.3) is 0 Å². The highest BCUT2D eigenvalue weighted by atomic mass is 19.4. The number of ether oxygens (including phenoxy) is 1. The molecule has 0 bridgehead atoms. The van der Waals surface area contributed by atoms with Gasteiger partial charge in [-0.1, -0.05) is 6.58 Å². The molecule has 0 heterocycles. The van der Waals surface area contributed by atoms with Crippen LogP contribution in [0.5, 0.6) is 0 Å². The Balaban J connectivity index is 4.21. The van der Waals surface area contributed by atoms with Gasteiger partial charge in [0.1, 0.15) is 12.2 Å². The normalized spacial score (nSPS) is 13.6. The molecular formula is C6H6F3O4. The van der Waals surface area contributed by atoms with Gasteiger partial charge in [-0.25, -0.2) is 9.90 Å². The number of halogens is 3. The number of rotatable bonds is 3. The Hall–Kier alpha value is -1.08. The van der Waals surface area contributed by atoms with E-state index in [1.165, 1.54) is 0 Å². The largest absolute Gasteiger partial charge is 0.430 e. The van der Waals surface area contributed by atoms with E-state index in [1.807, 2.05) is 0 Å². The number of esters is 1. The van der Waals surface area contributed by atoms with Crippen LogP contribution in [0, 0.1) is 0 Å². The summed E-state index contributed by atoms with van der Waals surface area (Å²) in [6, 6.07) is 0. The van der Waals surface area contributed by atoms with Crippen molar-refractivity contribution >= 4 is 5.97 Å². The molecule has 0 aliphatic rings. The van der Waals surface area contributed by atoms with Crippen molar-refractivity contribution in [2.75, 3.05) is 6.61 Å². The molecule has 0 saturated heterocycles. The Morgan fingerprint density at radius 3 is 2.31 bits per heavy atom. The van der Waals surface area contributed by atoms with E-state index < -0.39 is 30.6 Å². The SMILES string of the molecule is C=C(C(=O)OC(O)C[O])C(F)(F)F. The zero-order valence-electron chi connectivity index (χ0n) is 6.30. The van der Waals surface area contributed by atoms with Crippen molar-refractivity contribution in [2.45, 2.75) is 12.5 Å². The van der Waals surface area contributed by atoms with Gasteiger partial charge in [-0.3, -0.25) is 0 Å². The molecule has 0 rings (SSSR count). The van der Waals surface area contributed by atoms with Crippen molar-refractivity contribution < 1.29 is 32.9 Å². The molecule has 1 N–H and O–H groups in total. The summed E-state index contributed by atoms with van der Waals surface area (Å²) in [4.78, 5) is 10.4. The molecule has 0 aliphatic heterocycles. The van der Waals surface area contributed by atoms with Crippen molar-refractivity contribution in [1.82, 2.24) is 0 Å². The molecule has 0 aromatic carbocycles. The van der Waals surface area contributed by atoms with Crippen molar-refractivity contribution in [3.8, 4) is 0 Å². The third-order valence-corrected chi connectivity index (χ3v) is 0.974. The van der Waals surface area contributed by atoms with Gasteiger partial charge in [-0.15, -0.1) is 0 Å². The molecule has 7 heteroatoms. The van der Waals surface area contributed by atoms with Gasteiger partial charge in [0.05, 0.1) is 0 Å². The van der Waals surface area contributed by atoms with Crippen LogP contribution in [0.25, 0.3) is 0 Å². The summed E-state index contributed by atoms with van der Waals surface area (Å²) in [6.07, 6.45) is -6.99. The van der Waals surface area contributed by atoms with Gasteiger partial charge in [-0.2, -0.15) is 13.2 Å². The lowest BCUT2D eigenvalue weighted by Gasteiger charge is -2.11. The first-order valence-corrected chi connectivity index (χ1v) is 3.02. The first-order valence-electron chi connectivity index (χ1n) is 3.02. The highest BCUT2D eigenvalue weighted by molar-refractivity contribution is 5.89. The fourth-order valence-electron chi connectivity index (χ4n) is 0.344. The van der Waals surface area contributed by atoms with E-state index in [2.05, 4.69) is 11.3 Å². The van der Waals surface area contributed by atoms with Crippen LogP contribution >= 0.6 is 0 Å². The molecule has 4 nitrogen and oxygen atoms in total. The van der Waals surface area contributed by atoms with E-state index in [4.69, 9.17) is 5.11 Å². The summed E-state index contributed by atoms with van der Waals surface area (Å²) in [7, 11) is 0. The standard InChI is InChI=1S/C6H6F3O4/c1-3(6(7,8)9)5(12)13-4(11)2-10/h4,11H,1-2H2. The summed E-state index contributed by atoms with van der Waals surface area (Å²) < 4.78 is 38.8. The first-order chi connectivity index (χ1) is 5.79. The van der Waals surface area contributed by atoms with Crippen LogP contribution in [0.2, 0.25) is 0 Å². The first kappa shape index (κ1) is 11.9. The maximum atomic E-state index is 11.7. The molecule has 0 saturated carbocycles. The predicted octanol–water partition coefficient (Wildman–Crippen LogP) is 0.397. The van der Waals surface area contributed by atoms with Crippen LogP contribution in [0.15, 0.2) is 12.2 Å². The van der Waals surface area contributed by atoms with E-state index in [0.717, 1.165) is 0 Å². The van der Waals surface area contributed by atoms with Crippen LogP contribution in [-0.2, 0) is 14.6 Å². The van der Waals surface area contributed by atoms with Crippen LogP contribution in [-0.4, -0.2) is 30.1 Å². The molecule has 0 amide bonds. The van der Waals surface area contributed by atoms with E-state index in [-0.39, 0.29) is 0 Å². The summed E-state index contributed by atoms with van der Waals surface area (Å²) in [5, 5.41) is 18.2. The number of hydrogen-bond acceptors (Lipinski definition) is 3. The van der Waals surface area contributed by atoms with Crippen molar-refractivity contribution in [2.24, 2.45) is 0 Å². The third-order valence-electron chi connectivity index (χ3n) is 0.974. The smallest absolute Gasteiger partial charge is 0.422 e. The second-order valence-electron chi connectivity index (χ2n) is 2.00. The Labute approximate surface area is 71.2 Å². The highest BCUT2D eigenvalue weighted by Crippen LogP contribution is 2.24. The molecule has 0 aliphatic carbocycles. The lowest BCUT2D eigenvalue weighted by molar-refractivity contribution is -0.180. The molecule has 1 atom stereocenters. The van der Waals surface area contributed by atoms with E-state index in [0.29, 0.717) is 0 Å². The minimum atomic E-state index is -4.92. The van der Waals surface area contributed by atoms with Crippen molar-refractivity contribution in [3.63, 3.8) is 0 Å². The average molecular weight is 199 g/mol. The number of aliphatic hydroxyl groups excluding tert-OH is 1. The molecule has 13 heavy (non-hydrogen) atoms. The maximum absolute atomic E-state index is 11.7. The number of alkyl halides is 3. The van der Waals surface area contributed by atoms with Crippen LogP contribution in [0.1, 0.15) is 0 Å². The topological polar surface area (TPSA) is 66.4 Å². The minimum absolute atomic E-state index is 1.23. The van der Waals surface area contributed by atoms with Gasteiger partial charge in [0, 0.05) is 0 Å². The molecule has 75 valence electrons. The number of aliphatic hydroxyl groups is 1. The second kappa shape index (κ2) is 4.24. The molecule has 0 spiro atoms. The summed E-state index contributed by atoms with van der Waals surface area (Å²) in [5.74, 6) is -1.85. The number of carbonyl (C=O) groups is 1. The molecular weight excluding hydrogens is 193 g/mol. The zero-order chi connectivity index (χ0) is 10.6. The van der Waals surface area contributed by atoms with Gasteiger partial charge in [0.2, 0.25) is 6.29 Å². The van der Waals surface area contributed by atoms with Crippen molar-refractivity contribution in [1.29, 1.82) is 0 Å². The van der Waals surface area contributed by atoms with Crippen LogP contribution in [0.4, 0.5) is 13.2 Å². The number of carbonyl (C=O) groups excluding carboxylic acids is 1. The third kappa shape index (κ3) is 3.90. The van der Waals surface area contributed by atoms with Gasteiger partial charge in [-0.05, 0) is 0 Å². The fraction of sp³-hybridized carbons (Fsp3) is 0.500. The second-order valence-corrected chi connectivity index (χ2v) is 2.00. The summed E-state index contributed by atoms with van der Waals surface area (Å²) in [6.45, 7) is 1.18.